The molecule has 5 nitrogen and oxygen atoms in total. The number of pyridine rings is 1. The van der Waals surface area contributed by atoms with Crippen molar-refractivity contribution in [2.75, 3.05) is 0 Å². The lowest BCUT2D eigenvalue weighted by Gasteiger charge is -2.08. The first kappa shape index (κ1) is 11.8. The van der Waals surface area contributed by atoms with E-state index < -0.39 is 12.1 Å². The Bertz CT molecular complexity index is 579. The van der Waals surface area contributed by atoms with Crippen molar-refractivity contribution in [1.29, 1.82) is 0 Å². The number of fused-ring (bicyclic) bond motifs is 1. The predicted octanol–water partition coefficient (Wildman–Crippen LogP) is 2.16. The summed E-state index contributed by atoms with van der Waals surface area (Å²) in [6, 6.07) is 1.93. The molecule has 17 heavy (non-hydrogen) atoms. The summed E-state index contributed by atoms with van der Waals surface area (Å²) < 4.78 is 9.42. The normalized spacial score (nSPS) is 12.6. The third-order valence-electron chi connectivity index (χ3n) is 2.38. The van der Waals surface area contributed by atoms with Crippen molar-refractivity contribution < 1.29 is 14.6 Å². The summed E-state index contributed by atoms with van der Waals surface area (Å²) in [5.74, 6) is -0.659. The number of nitrogens with zero attached hydrogens (tertiary/aromatic N) is 2. The van der Waals surface area contributed by atoms with Crippen LogP contribution in [-0.4, -0.2) is 26.5 Å². The van der Waals surface area contributed by atoms with Gasteiger partial charge in [0.2, 0.25) is 5.88 Å². The molecule has 6 heteroatoms. The molecule has 1 N–H and O–H groups in total. The Balaban J connectivity index is 2.46. The largest absolute Gasteiger partial charge is 0.479 e. The molecule has 90 valence electrons. The van der Waals surface area contributed by atoms with Gasteiger partial charge in [-0.3, -0.25) is 0 Å². The molecular weight excluding hydrogens is 240 g/mol. The number of ether oxygens (including phenoxy) is 1. The van der Waals surface area contributed by atoms with Crippen LogP contribution in [-0.2, 0) is 4.79 Å². The van der Waals surface area contributed by atoms with Gasteiger partial charge in [-0.1, -0.05) is 0 Å². The fourth-order valence-corrected chi connectivity index (χ4v) is 2.39. The number of aryl methyl sites for hydroxylation is 2. The molecule has 1 atom stereocenters. The van der Waals surface area contributed by atoms with Gasteiger partial charge < -0.3 is 9.84 Å². The molecule has 0 aliphatic rings. The number of rotatable bonds is 3. The number of aliphatic carboxylic acids is 1. The summed E-state index contributed by atoms with van der Waals surface area (Å²) >= 11 is 1.22. The molecule has 0 radical (unpaired) electrons. The molecule has 2 aromatic rings. The first-order valence-corrected chi connectivity index (χ1v) is 5.89. The second-order valence-corrected chi connectivity index (χ2v) is 4.60. The van der Waals surface area contributed by atoms with Crippen molar-refractivity contribution in [2.45, 2.75) is 26.9 Å². The van der Waals surface area contributed by atoms with Gasteiger partial charge in [-0.05, 0) is 43.9 Å². The molecule has 0 aliphatic heterocycles. The number of hydrogen-bond acceptors (Lipinski definition) is 5. The molecular formula is C11H12N2O3S. The Kier molecular flexibility index (Phi) is 2.97. The van der Waals surface area contributed by atoms with Crippen LogP contribution in [0.1, 0.15) is 18.2 Å². The highest BCUT2D eigenvalue weighted by molar-refractivity contribution is 7.13. The van der Waals surface area contributed by atoms with Gasteiger partial charge in [-0.25, -0.2) is 9.78 Å². The second-order valence-electron chi connectivity index (χ2n) is 3.85. The number of carbonyl (C=O) groups is 1. The second kappa shape index (κ2) is 4.29. The summed E-state index contributed by atoms with van der Waals surface area (Å²) in [6.07, 6.45) is -0.916. The molecule has 0 bridgehead atoms. The molecule has 0 fully saturated rings. The van der Waals surface area contributed by atoms with Gasteiger partial charge in [0.15, 0.2) is 6.10 Å². The van der Waals surface area contributed by atoms with E-state index >= 15 is 0 Å². The Hall–Kier alpha value is -1.69. The molecule has 0 saturated carbocycles. The summed E-state index contributed by atoms with van der Waals surface area (Å²) in [6.45, 7) is 5.32. The van der Waals surface area contributed by atoms with Crippen molar-refractivity contribution >= 4 is 27.7 Å². The Morgan fingerprint density at radius 1 is 1.53 bits per heavy atom. The molecule has 2 rings (SSSR count). The third-order valence-corrected chi connectivity index (χ3v) is 3.10. The van der Waals surface area contributed by atoms with Gasteiger partial charge in [0.25, 0.3) is 0 Å². The molecule has 0 aromatic carbocycles. The van der Waals surface area contributed by atoms with Crippen LogP contribution in [0.4, 0.5) is 0 Å². The number of carboxylic acid groups (broad SMARTS) is 1. The number of hydrogen-bond donors (Lipinski definition) is 1. The van der Waals surface area contributed by atoms with E-state index in [1.165, 1.54) is 18.5 Å². The molecule has 0 aliphatic carbocycles. The maximum Gasteiger partial charge on any atom is 0.344 e. The minimum absolute atomic E-state index is 0.352. The zero-order chi connectivity index (χ0) is 12.6. The number of aromatic nitrogens is 2. The van der Waals surface area contributed by atoms with E-state index in [0.717, 1.165) is 21.5 Å². The lowest BCUT2D eigenvalue weighted by atomic mass is 10.2. The summed E-state index contributed by atoms with van der Waals surface area (Å²) in [7, 11) is 0. The minimum Gasteiger partial charge on any atom is -0.479 e. The van der Waals surface area contributed by atoms with Crippen molar-refractivity contribution in [3.63, 3.8) is 0 Å². The maximum atomic E-state index is 10.7. The molecule has 2 heterocycles. The molecule has 1 unspecified atom stereocenters. The monoisotopic (exact) mass is 252 g/mol. The van der Waals surface area contributed by atoms with Crippen LogP contribution in [0.5, 0.6) is 5.88 Å². The zero-order valence-corrected chi connectivity index (χ0v) is 10.5. The average molecular weight is 252 g/mol. The van der Waals surface area contributed by atoms with Gasteiger partial charge in [-0.2, -0.15) is 4.37 Å². The number of carboxylic acids is 1. The van der Waals surface area contributed by atoms with Gasteiger partial charge in [0.1, 0.15) is 4.83 Å². The van der Waals surface area contributed by atoms with Crippen molar-refractivity contribution in [3.8, 4) is 5.88 Å². The Morgan fingerprint density at radius 3 is 2.88 bits per heavy atom. The average Bonchev–Trinajstić information content (AvgIpc) is 2.60. The van der Waals surface area contributed by atoms with Crippen LogP contribution in [0, 0.1) is 13.8 Å². The van der Waals surface area contributed by atoms with E-state index in [2.05, 4.69) is 9.36 Å². The van der Waals surface area contributed by atoms with Crippen molar-refractivity contribution in [1.82, 2.24) is 9.36 Å². The smallest absolute Gasteiger partial charge is 0.344 e. The molecule has 2 aromatic heterocycles. The fraction of sp³-hybridized carbons (Fsp3) is 0.364. The van der Waals surface area contributed by atoms with Crippen LogP contribution >= 0.6 is 11.5 Å². The van der Waals surface area contributed by atoms with Crippen LogP contribution < -0.4 is 4.74 Å². The Morgan fingerprint density at radius 2 is 2.24 bits per heavy atom. The quantitative estimate of drug-likeness (QED) is 0.906. The standard InChI is InChI=1S/C11H12N2O3S/c1-5-4-6(2)12-10-8(5)9(13-17-10)16-7(3)11(14)15/h4,7H,1-3H3,(H,14,15). The van der Waals surface area contributed by atoms with E-state index in [-0.39, 0.29) is 0 Å². The fourth-order valence-electron chi connectivity index (χ4n) is 1.56. The van der Waals surface area contributed by atoms with E-state index in [9.17, 15) is 4.79 Å². The van der Waals surface area contributed by atoms with Crippen LogP contribution in [0.3, 0.4) is 0 Å². The first-order valence-electron chi connectivity index (χ1n) is 5.12. The van der Waals surface area contributed by atoms with Crippen LogP contribution in [0.25, 0.3) is 10.2 Å². The summed E-state index contributed by atoms with van der Waals surface area (Å²) in [5.41, 5.74) is 1.91. The van der Waals surface area contributed by atoms with E-state index in [1.807, 2.05) is 19.9 Å². The molecule has 0 saturated heterocycles. The van der Waals surface area contributed by atoms with Crippen LogP contribution in [0.15, 0.2) is 6.07 Å². The minimum atomic E-state index is -1.01. The SMILES string of the molecule is Cc1cc(C)c2c(OC(C)C(=O)O)nsc2n1. The molecule has 0 amide bonds. The predicted molar refractivity (Wildman–Crippen MR) is 64.6 cm³/mol. The summed E-state index contributed by atoms with van der Waals surface area (Å²) in [4.78, 5) is 15.8. The topological polar surface area (TPSA) is 72.3 Å². The first-order chi connectivity index (χ1) is 7.99. The van der Waals surface area contributed by atoms with Gasteiger partial charge >= 0.3 is 5.97 Å². The highest BCUT2D eigenvalue weighted by atomic mass is 32.1. The molecule has 0 spiro atoms. The zero-order valence-electron chi connectivity index (χ0n) is 9.72. The third kappa shape index (κ3) is 2.21. The lowest BCUT2D eigenvalue weighted by Crippen LogP contribution is -2.23. The van der Waals surface area contributed by atoms with E-state index in [4.69, 9.17) is 9.84 Å². The van der Waals surface area contributed by atoms with E-state index in [0.29, 0.717) is 5.88 Å². The van der Waals surface area contributed by atoms with Gasteiger partial charge in [-0.15, -0.1) is 0 Å². The maximum absolute atomic E-state index is 10.7. The highest BCUT2D eigenvalue weighted by Gasteiger charge is 2.18. The summed E-state index contributed by atoms with van der Waals surface area (Å²) in [5, 5.41) is 9.60. The van der Waals surface area contributed by atoms with Crippen molar-refractivity contribution in [3.05, 3.63) is 17.3 Å². The van der Waals surface area contributed by atoms with Gasteiger partial charge in [0.05, 0.1) is 5.39 Å². The van der Waals surface area contributed by atoms with Gasteiger partial charge in [0, 0.05) is 5.69 Å². The van der Waals surface area contributed by atoms with E-state index in [1.54, 1.807) is 0 Å². The highest BCUT2D eigenvalue weighted by Crippen LogP contribution is 2.31. The lowest BCUT2D eigenvalue weighted by molar-refractivity contribution is -0.144. The van der Waals surface area contributed by atoms with Crippen LogP contribution in [0.2, 0.25) is 0 Å². The van der Waals surface area contributed by atoms with Crippen molar-refractivity contribution in [2.24, 2.45) is 0 Å². The Labute approximate surface area is 102 Å².